The molecule has 1 aromatic rings. The molecule has 5 aliphatic rings. The molecule has 0 spiro atoms. The van der Waals surface area contributed by atoms with Crippen LogP contribution in [-0.2, 0) is 9.53 Å². The van der Waals surface area contributed by atoms with Crippen LogP contribution in [0.4, 0.5) is 5.69 Å². The van der Waals surface area contributed by atoms with Gasteiger partial charge < -0.3 is 25.8 Å². The molecule has 5 N–H and O–H groups in total. The van der Waals surface area contributed by atoms with E-state index >= 15 is 0 Å². The highest BCUT2D eigenvalue weighted by Gasteiger charge is 2.68. The highest BCUT2D eigenvalue weighted by molar-refractivity contribution is 5.87. The Morgan fingerprint density at radius 3 is 2.44 bits per heavy atom. The number of aliphatic hydroxyl groups is 2. The fourth-order valence-electron chi connectivity index (χ4n) is 11.8. The van der Waals surface area contributed by atoms with Crippen LogP contribution in [0.25, 0.3) is 6.08 Å². The zero-order chi connectivity index (χ0) is 32.6. The van der Waals surface area contributed by atoms with Crippen LogP contribution < -0.4 is 5.73 Å². The summed E-state index contributed by atoms with van der Waals surface area (Å²) in [5.74, 6) is 0.757. The van der Waals surface area contributed by atoms with Gasteiger partial charge in [-0.3, -0.25) is 0 Å². The van der Waals surface area contributed by atoms with E-state index in [4.69, 9.17) is 10.5 Å². The van der Waals surface area contributed by atoms with E-state index in [0.29, 0.717) is 35.8 Å². The molecule has 4 saturated carbocycles. The van der Waals surface area contributed by atoms with E-state index < -0.39 is 17.5 Å². The fourth-order valence-corrected chi connectivity index (χ4v) is 11.8. The van der Waals surface area contributed by atoms with Crippen molar-refractivity contribution in [2.75, 3.05) is 18.9 Å². The normalized spacial score (nSPS) is 43.8. The molecule has 5 aliphatic carbocycles. The van der Waals surface area contributed by atoms with Gasteiger partial charge in [0.2, 0.25) is 0 Å². The number of fused-ring (bicyclic) bond motifs is 7. The van der Waals surface area contributed by atoms with Gasteiger partial charge in [-0.2, -0.15) is 0 Å². The first-order chi connectivity index (χ1) is 21.0. The van der Waals surface area contributed by atoms with E-state index in [1.54, 1.807) is 23.8 Å². The van der Waals surface area contributed by atoms with E-state index in [1.807, 2.05) is 0 Å². The minimum absolute atomic E-state index is 0.0129. The largest absolute Gasteiger partial charge is 0.506 e. The number of carbonyl (C=O) groups is 1. The summed E-state index contributed by atoms with van der Waals surface area (Å²) in [7, 11) is 0. The third kappa shape index (κ3) is 4.91. The molecule has 6 rings (SSSR count). The Balaban J connectivity index is 1.25. The Morgan fingerprint density at radius 1 is 1.00 bits per heavy atom. The maximum Gasteiger partial charge on any atom is 0.330 e. The van der Waals surface area contributed by atoms with Crippen LogP contribution in [-0.4, -0.2) is 40.6 Å². The molecule has 0 aromatic heterocycles. The molecule has 45 heavy (non-hydrogen) atoms. The number of aliphatic hydroxyl groups excluding tert-OH is 2. The summed E-state index contributed by atoms with van der Waals surface area (Å²) in [6.45, 7) is 15.1. The number of phenolic OH excluding ortho intramolecular Hbond substituents is 1. The maximum absolute atomic E-state index is 12.9. The minimum atomic E-state index is -0.530. The Labute approximate surface area is 270 Å². The standard InChI is InChI=1S/C39H57NO5/c1-34(2)17-19-39(23-41)20-18-37(5)26(27(39)22-34)9-11-31-35(3)15-14-32(43)36(4,30(35)13-16-38(31,37)6)24-45-33(44)12-8-25-7-10-29(42)28(40)21-25/h7-10,12,21,27,30-32,41-43H,11,13-20,22-24,40H2,1-6H3/b12-8+. The van der Waals surface area contributed by atoms with Gasteiger partial charge in [-0.1, -0.05) is 59.3 Å². The first-order valence-corrected chi connectivity index (χ1v) is 17.5. The second-order valence-corrected chi connectivity index (χ2v) is 17.6. The first kappa shape index (κ1) is 32.6. The molecule has 4 fully saturated rings. The highest BCUT2D eigenvalue weighted by Crippen LogP contribution is 2.75. The number of allylic oxidation sites excluding steroid dienone is 2. The predicted molar refractivity (Wildman–Crippen MR) is 179 cm³/mol. The zero-order valence-corrected chi connectivity index (χ0v) is 28.5. The molecule has 0 bridgehead atoms. The first-order valence-electron chi connectivity index (χ1n) is 17.5. The number of phenols is 1. The number of nitrogens with two attached hydrogens (primary N) is 1. The monoisotopic (exact) mass is 619 g/mol. The lowest BCUT2D eigenvalue weighted by Gasteiger charge is -2.71. The van der Waals surface area contributed by atoms with Crippen molar-refractivity contribution in [1.29, 1.82) is 0 Å². The second kappa shape index (κ2) is 10.9. The Kier molecular flexibility index (Phi) is 7.88. The summed E-state index contributed by atoms with van der Waals surface area (Å²) >= 11 is 0. The van der Waals surface area contributed by atoms with Gasteiger partial charge in [-0.05, 0) is 127 Å². The van der Waals surface area contributed by atoms with E-state index in [1.165, 1.54) is 25.0 Å². The quantitative estimate of drug-likeness (QED) is 0.0885. The van der Waals surface area contributed by atoms with E-state index in [2.05, 4.69) is 47.6 Å². The summed E-state index contributed by atoms with van der Waals surface area (Å²) in [6, 6.07) is 4.82. The summed E-state index contributed by atoms with van der Waals surface area (Å²) in [5, 5.41) is 32.0. The number of esters is 1. The van der Waals surface area contributed by atoms with Crippen molar-refractivity contribution in [3.05, 3.63) is 41.5 Å². The van der Waals surface area contributed by atoms with Crippen LogP contribution >= 0.6 is 0 Å². The zero-order valence-electron chi connectivity index (χ0n) is 28.5. The topological polar surface area (TPSA) is 113 Å². The number of hydrogen-bond donors (Lipinski definition) is 4. The molecule has 0 amide bonds. The van der Waals surface area contributed by atoms with Crippen molar-refractivity contribution in [2.24, 2.45) is 50.2 Å². The number of carbonyl (C=O) groups excluding carboxylic acids is 1. The van der Waals surface area contributed by atoms with Gasteiger partial charge in [-0.25, -0.2) is 4.79 Å². The molecule has 9 unspecified atom stereocenters. The van der Waals surface area contributed by atoms with Crippen molar-refractivity contribution in [3.63, 3.8) is 0 Å². The van der Waals surface area contributed by atoms with Crippen LogP contribution in [0, 0.1) is 50.2 Å². The van der Waals surface area contributed by atoms with Crippen molar-refractivity contribution < 1.29 is 24.9 Å². The molecule has 1 aromatic carbocycles. The number of anilines is 1. The van der Waals surface area contributed by atoms with Crippen LogP contribution in [0.5, 0.6) is 5.75 Å². The average molecular weight is 620 g/mol. The molecule has 6 nitrogen and oxygen atoms in total. The number of hydrogen-bond acceptors (Lipinski definition) is 6. The third-order valence-electron chi connectivity index (χ3n) is 14.9. The van der Waals surface area contributed by atoms with Gasteiger partial charge in [0.25, 0.3) is 0 Å². The van der Waals surface area contributed by atoms with Gasteiger partial charge in [0.05, 0.1) is 18.4 Å². The molecule has 0 radical (unpaired) electrons. The number of benzene rings is 1. The molecule has 9 atom stereocenters. The summed E-state index contributed by atoms with van der Waals surface area (Å²) in [6.07, 6.45) is 15.8. The molecule has 0 heterocycles. The summed E-state index contributed by atoms with van der Waals surface area (Å²) in [4.78, 5) is 12.9. The van der Waals surface area contributed by atoms with Crippen LogP contribution in [0.3, 0.4) is 0 Å². The third-order valence-corrected chi connectivity index (χ3v) is 14.9. The predicted octanol–water partition coefficient (Wildman–Crippen LogP) is 7.67. The number of aromatic hydroxyl groups is 1. The van der Waals surface area contributed by atoms with Crippen LogP contribution in [0.15, 0.2) is 35.9 Å². The average Bonchev–Trinajstić information content (AvgIpc) is 2.99. The van der Waals surface area contributed by atoms with Crippen molar-refractivity contribution >= 4 is 17.7 Å². The SMILES string of the molecule is CC1(C)CCC2(CO)CCC3(C)C(=CCC4C5(C)CCC(O)C(C)(COC(=O)/C=C/c6ccc(O)c(N)c6)C5CCC43C)C2C1. The van der Waals surface area contributed by atoms with Crippen LogP contribution in [0.2, 0.25) is 0 Å². The smallest absolute Gasteiger partial charge is 0.330 e. The fraction of sp³-hybridized carbons (Fsp3) is 0.718. The highest BCUT2D eigenvalue weighted by atomic mass is 16.5. The molecule has 0 saturated heterocycles. The molecule has 6 heteroatoms. The van der Waals surface area contributed by atoms with Crippen LogP contribution in [0.1, 0.15) is 111 Å². The lowest BCUT2D eigenvalue weighted by Crippen LogP contribution is -2.65. The maximum atomic E-state index is 12.9. The lowest BCUT2D eigenvalue weighted by atomic mass is 9.33. The van der Waals surface area contributed by atoms with Gasteiger partial charge in [0, 0.05) is 23.5 Å². The lowest BCUT2D eigenvalue weighted by molar-refractivity contribution is -0.219. The Bertz CT molecular complexity index is 1400. The van der Waals surface area contributed by atoms with E-state index in [9.17, 15) is 20.1 Å². The Hall–Kier alpha value is -2.31. The summed E-state index contributed by atoms with van der Waals surface area (Å²) < 4.78 is 5.89. The van der Waals surface area contributed by atoms with Crippen molar-refractivity contribution in [2.45, 2.75) is 112 Å². The van der Waals surface area contributed by atoms with Gasteiger partial charge in [0.15, 0.2) is 0 Å². The number of nitrogen functional groups attached to an aromatic ring is 1. The van der Waals surface area contributed by atoms with Gasteiger partial charge in [-0.15, -0.1) is 0 Å². The molecular formula is C39H57NO5. The van der Waals surface area contributed by atoms with E-state index in [-0.39, 0.29) is 45.6 Å². The second-order valence-electron chi connectivity index (χ2n) is 17.6. The molecular weight excluding hydrogens is 562 g/mol. The van der Waals surface area contributed by atoms with Crippen molar-refractivity contribution in [1.82, 2.24) is 0 Å². The minimum Gasteiger partial charge on any atom is -0.506 e. The van der Waals surface area contributed by atoms with Gasteiger partial charge in [0.1, 0.15) is 5.75 Å². The Morgan fingerprint density at radius 2 is 1.73 bits per heavy atom. The number of ether oxygens (including phenoxy) is 1. The molecule has 248 valence electrons. The number of rotatable bonds is 5. The molecule has 0 aliphatic heterocycles. The van der Waals surface area contributed by atoms with Gasteiger partial charge >= 0.3 is 5.97 Å². The van der Waals surface area contributed by atoms with E-state index in [0.717, 1.165) is 44.9 Å². The summed E-state index contributed by atoms with van der Waals surface area (Å²) in [5.41, 5.74) is 8.48. The van der Waals surface area contributed by atoms with Crippen molar-refractivity contribution in [3.8, 4) is 5.75 Å².